The van der Waals surface area contributed by atoms with Gasteiger partial charge in [0.05, 0.1) is 12.2 Å². The Morgan fingerprint density at radius 2 is 1.55 bits per heavy atom. The Kier molecular flexibility index (Phi) is 3.12. The molecule has 3 unspecified atom stereocenters. The number of rotatable bonds is 1. The Morgan fingerprint density at radius 1 is 0.850 bits per heavy atom. The summed E-state index contributed by atoms with van der Waals surface area (Å²) in [5.41, 5.74) is 2.37. The summed E-state index contributed by atoms with van der Waals surface area (Å²) in [4.78, 5) is 0. The van der Waals surface area contributed by atoms with E-state index in [0.717, 1.165) is 11.1 Å². The molecular formula is C16H16O4. The van der Waals surface area contributed by atoms with E-state index < -0.39 is 12.2 Å². The van der Waals surface area contributed by atoms with Crippen molar-refractivity contribution in [3.63, 3.8) is 0 Å². The van der Waals surface area contributed by atoms with Crippen LogP contribution in [-0.4, -0.2) is 26.5 Å². The summed E-state index contributed by atoms with van der Waals surface area (Å²) in [7, 11) is 0. The van der Waals surface area contributed by atoms with Crippen LogP contribution < -0.4 is 0 Å². The predicted molar refractivity (Wildman–Crippen MR) is 73.6 cm³/mol. The molecule has 4 nitrogen and oxygen atoms in total. The second-order valence-corrected chi connectivity index (χ2v) is 5.17. The number of benzene rings is 2. The third-order valence-electron chi connectivity index (χ3n) is 3.90. The second-order valence-electron chi connectivity index (χ2n) is 5.17. The van der Waals surface area contributed by atoms with Gasteiger partial charge < -0.3 is 20.4 Å². The smallest absolute Gasteiger partial charge is 0.157 e. The van der Waals surface area contributed by atoms with Crippen molar-refractivity contribution in [2.45, 2.75) is 24.5 Å². The number of aromatic hydroxyl groups is 2. The van der Waals surface area contributed by atoms with Crippen LogP contribution in [0.1, 0.15) is 35.1 Å². The molecule has 4 N–H and O–H groups in total. The summed E-state index contributed by atoms with van der Waals surface area (Å²) >= 11 is 0. The topological polar surface area (TPSA) is 80.9 Å². The van der Waals surface area contributed by atoms with E-state index in [4.69, 9.17) is 0 Å². The number of phenolic OH excluding ortho intramolecular Hbond substituents is 2. The van der Waals surface area contributed by atoms with E-state index in [1.54, 1.807) is 6.07 Å². The van der Waals surface area contributed by atoms with Crippen molar-refractivity contribution in [3.05, 3.63) is 59.2 Å². The highest BCUT2D eigenvalue weighted by Gasteiger charge is 2.34. The summed E-state index contributed by atoms with van der Waals surface area (Å²) in [6, 6.07) is 12.0. The largest absolute Gasteiger partial charge is 0.504 e. The Hall–Kier alpha value is -2.04. The molecule has 20 heavy (non-hydrogen) atoms. The average molecular weight is 272 g/mol. The Labute approximate surface area is 116 Å². The minimum absolute atomic E-state index is 0.188. The van der Waals surface area contributed by atoms with Gasteiger partial charge in [0.15, 0.2) is 11.5 Å². The highest BCUT2D eigenvalue weighted by atomic mass is 16.3. The fourth-order valence-corrected chi connectivity index (χ4v) is 2.93. The Morgan fingerprint density at radius 3 is 2.25 bits per heavy atom. The van der Waals surface area contributed by atoms with Gasteiger partial charge in [0.1, 0.15) is 0 Å². The summed E-state index contributed by atoms with van der Waals surface area (Å²) in [5, 5.41) is 39.4. The lowest BCUT2D eigenvalue weighted by atomic mass is 9.76. The molecule has 4 heteroatoms. The molecule has 0 heterocycles. The van der Waals surface area contributed by atoms with Crippen LogP contribution in [0, 0.1) is 0 Å². The molecule has 0 amide bonds. The molecule has 0 saturated heterocycles. The first-order chi connectivity index (χ1) is 9.58. The SMILES string of the molecule is Oc1ccc(C2c3ccccc3C(O)CC2O)cc1O. The highest BCUT2D eigenvalue weighted by Crippen LogP contribution is 2.42. The van der Waals surface area contributed by atoms with Crippen molar-refractivity contribution in [3.8, 4) is 11.5 Å². The molecule has 0 saturated carbocycles. The minimum atomic E-state index is -0.733. The zero-order valence-electron chi connectivity index (χ0n) is 10.8. The van der Waals surface area contributed by atoms with E-state index in [2.05, 4.69) is 0 Å². The molecule has 1 aliphatic carbocycles. The van der Waals surface area contributed by atoms with Crippen molar-refractivity contribution in [1.82, 2.24) is 0 Å². The van der Waals surface area contributed by atoms with E-state index in [0.29, 0.717) is 5.56 Å². The standard InChI is InChI=1S/C16H16O4/c17-12-6-5-9(7-14(12)19)16-11-4-2-1-3-10(11)13(18)8-15(16)20/h1-7,13,15-20H,8H2. The molecule has 1 aliphatic rings. The normalized spacial score (nSPS) is 25.2. The second kappa shape index (κ2) is 4.81. The van der Waals surface area contributed by atoms with E-state index in [1.807, 2.05) is 24.3 Å². The van der Waals surface area contributed by atoms with Gasteiger partial charge in [-0.15, -0.1) is 0 Å². The molecule has 104 valence electrons. The van der Waals surface area contributed by atoms with Gasteiger partial charge in [-0.3, -0.25) is 0 Å². The zero-order chi connectivity index (χ0) is 14.3. The number of aliphatic hydroxyl groups is 2. The maximum absolute atomic E-state index is 10.3. The Balaban J connectivity index is 2.12. The maximum atomic E-state index is 10.3. The van der Waals surface area contributed by atoms with E-state index in [1.165, 1.54) is 12.1 Å². The summed E-state index contributed by atoms with van der Waals surface area (Å²) in [6.07, 6.45) is -1.16. The molecule has 3 rings (SSSR count). The quantitative estimate of drug-likeness (QED) is 0.599. The number of hydrogen-bond donors (Lipinski definition) is 4. The molecule has 2 aromatic carbocycles. The third-order valence-corrected chi connectivity index (χ3v) is 3.90. The molecule has 2 aromatic rings. The minimum Gasteiger partial charge on any atom is -0.504 e. The van der Waals surface area contributed by atoms with E-state index in [9.17, 15) is 20.4 Å². The lowest BCUT2D eigenvalue weighted by Crippen LogP contribution is -2.28. The van der Waals surface area contributed by atoms with Crippen LogP contribution in [0.5, 0.6) is 11.5 Å². The first-order valence-corrected chi connectivity index (χ1v) is 6.54. The van der Waals surface area contributed by atoms with Gasteiger partial charge in [-0.2, -0.15) is 0 Å². The van der Waals surface area contributed by atoms with Gasteiger partial charge in [0.2, 0.25) is 0 Å². The van der Waals surface area contributed by atoms with Crippen LogP contribution >= 0.6 is 0 Å². The third kappa shape index (κ3) is 2.03. The van der Waals surface area contributed by atoms with Gasteiger partial charge in [-0.1, -0.05) is 30.3 Å². The molecule has 0 aromatic heterocycles. The van der Waals surface area contributed by atoms with E-state index >= 15 is 0 Å². The average Bonchev–Trinajstić information content (AvgIpc) is 2.43. The molecule has 3 atom stereocenters. The lowest BCUT2D eigenvalue weighted by Gasteiger charge is -2.33. The van der Waals surface area contributed by atoms with Crippen molar-refractivity contribution >= 4 is 0 Å². The Bertz CT molecular complexity index is 638. The van der Waals surface area contributed by atoms with Gasteiger partial charge in [-0.25, -0.2) is 0 Å². The summed E-state index contributed by atoms with van der Waals surface area (Å²) in [6.45, 7) is 0. The van der Waals surface area contributed by atoms with Crippen molar-refractivity contribution < 1.29 is 20.4 Å². The highest BCUT2D eigenvalue weighted by molar-refractivity contribution is 5.48. The number of phenols is 2. The molecule has 0 radical (unpaired) electrons. The van der Waals surface area contributed by atoms with Gasteiger partial charge in [0.25, 0.3) is 0 Å². The van der Waals surface area contributed by atoms with Crippen molar-refractivity contribution in [1.29, 1.82) is 0 Å². The predicted octanol–water partition coefficient (Wildman–Crippen LogP) is 2.03. The van der Waals surface area contributed by atoms with E-state index in [-0.39, 0.29) is 23.8 Å². The molecule has 0 spiro atoms. The lowest BCUT2D eigenvalue weighted by molar-refractivity contribution is 0.0572. The summed E-state index contributed by atoms with van der Waals surface area (Å²) in [5.74, 6) is -0.716. The van der Waals surface area contributed by atoms with Crippen LogP contribution in [0.25, 0.3) is 0 Å². The molecular weight excluding hydrogens is 256 g/mol. The van der Waals surface area contributed by atoms with Crippen LogP contribution in [0.4, 0.5) is 0 Å². The maximum Gasteiger partial charge on any atom is 0.157 e. The number of hydrogen-bond acceptors (Lipinski definition) is 4. The van der Waals surface area contributed by atoms with Crippen LogP contribution in [0.3, 0.4) is 0 Å². The fourth-order valence-electron chi connectivity index (χ4n) is 2.93. The number of fused-ring (bicyclic) bond motifs is 1. The molecule has 0 aliphatic heterocycles. The zero-order valence-corrected chi connectivity index (χ0v) is 10.8. The van der Waals surface area contributed by atoms with Crippen LogP contribution in [0.15, 0.2) is 42.5 Å². The first kappa shape index (κ1) is 13.0. The number of aliphatic hydroxyl groups excluding tert-OH is 2. The molecule has 0 bridgehead atoms. The van der Waals surface area contributed by atoms with Gasteiger partial charge >= 0.3 is 0 Å². The summed E-state index contributed by atoms with van der Waals surface area (Å²) < 4.78 is 0. The fraction of sp³-hybridized carbons (Fsp3) is 0.250. The van der Waals surface area contributed by atoms with Gasteiger partial charge in [-0.05, 0) is 28.8 Å². The first-order valence-electron chi connectivity index (χ1n) is 6.54. The monoisotopic (exact) mass is 272 g/mol. The molecule has 0 fully saturated rings. The van der Waals surface area contributed by atoms with Crippen molar-refractivity contribution in [2.24, 2.45) is 0 Å². The van der Waals surface area contributed by atoms with Crippen LogP contribution in [0.2, 0.25) is 0 Å². The van der Waals surface area contributed by atoms with Crippen LogP contribution in [-0.2, 0) is 0 Å². The van der Waals surface area contributed by atoms with Gasteiger partial charge in [0, 0.05) is 12.3 Å². The van der Waals surface area contributed by atoms with Crippen molar-refractivity contribution in [2.75, 3.05) is 0 Å².